The number of methoxy groups -OCH3 is 1. The van der Waals surface area contributed by atoms with E-state index in [4.69, 9.17) is 4.74 Å². The van der Waals surface area contributed by atoms with Gasteiger partial charge in [0, 0.05) is 0 Å². The summed E-state index contributed by atoms with van der Waals surface area (Å²) in [6, 6.07) is 4.83. The molecule has 0 bridgehead atoms. The van der Waals surface area contributed by atoms with Gasteiger partial charge in [-0.3, -0.25) is 14.5 Å². The van der Waals surface area contributed by atoms with Gasteiger partial charge in [0.1, 0.15) is 12.3 Å². The van der Waals surface area contributed by atoms with Crippen LogP contribution >= 0.6 is 11.3 Å². The summed E-state index contributed by atoms with van der Waals surface area (Å²) < 4.78 is 5.99. The van der Waals surface area contributed by atoms with Gasteiger partial charge in [0.25, 0.3) is 5.91 Å². The molecule has 22 heavy (non-hydrogen) atoms. The Hall–Kier alpha value is -2.68. The number of hydrogen-bond acceptors (Lipinski definition) is 6. The Bertz CT molecular complexity index is 756. The molecular formula is C13H12N4O4S. The summed E-state index contributed by atoms with van der Waals surface area (Å²) in [7, 11) is 1.57. The maximum absolute atomic E-state index is 11.9. The predicted molar refractivity (Wildman–Crippen MR) is 79.9 cm³/mol. The Labute approximate surface area is 129 Å². The molecule has 1 aliphatic heterocycles. The molecule has 1 saturated heterocycles. The van der Waals surface area contributed by atoms with Crippen LogP contribution in [0.4, 0.5) is 9.93 Å². The van der Waals surface area contributed by atoms with Gasteiger partial charge < -0.3 is 15.4 Å². The fraction of sp³-hybridized carbons (Fsp3) is 0.231. The number of amides is 4. The van der Waals surface area contributed by atoms with Gasteiger partial charge in [0.05, 0.1) is 23.9 Å². The SMILES string of the molecule is COc1ccc2nc(NC(=O)CN3C(=O)CNC3=O)sc2c1. The lowest BCUT2D eigenvalue weighted by Gasteiger charge is -2.10. The third-order valence-electron chi connectivity index (χ3n) is 3.08. The second kappa shape index (κ2) is 5.60. The number of fused-ring (bicyclic) bond motifs is 1. The van der Waals surface area contributed by atoms with Crippen molar-refractivity contribution in [3.8, 4) is 5.75 Å². The van der Waals surface area contributed by atoms with Crippen molar-refractivity contribution in [2.75, 3.05) is 25.5 Å². The van der Waals surface area contributed by atoms with Crippen molar-refractivity contribution in [1.29, 1.82) is 0 Å². The molecule has 0 atom stereocenters. The highest BCUT2D eigenvalue weighted by Crippen LogP contribution is 2.29. The maximum Gasteiger partial charge on any atom is 0.325 e. The van der Waals surface area contributed by atoms with Crippen molar-refractivity contribution in [3.63, 3.8) is 0 Å². The zero-order chi connectivity index (χ0) is 15.7. The molecule has 2 aromatic rings. The molecule has 0 radical (unpaired) electrons. The molecule has 0 unspecified atom stereocenters. The molecule has 1 aromatic heterocycles. The first-order valence-corrected chi connectivity index (χ1v) is 7.21. The Kier molecular flexibility index (Phi) is 3.63. The zero-order valence-corrected chi connectivity index (χ0v) is 12.4. The number of aromatic nitrogens is 1. The maximum atomic E-state index is 11.9. The third kappa shape index (κ3) is 2.70. The number of ether oxygens (including phenoxy) is 1. The van der Waals surface area contributed by atoms with Crippen LogP contribution in [-0.2, 0) is 9.59 Å². The first-order chi connectivity index (χ1) is 10.6. The molecule has 8 nitrogen and oxygen atoms in total. The van der Waals surface area contributed by atoms with Crippen molar-refractivity contribution < 1.29 is 19.1 Å². The molecule has 0 saturated carbocycles. The van der Waals surface area contributed by atoms with Crippen LogP contribution in [-0.4, -0.2) is 47.9 Å². The van der Waals surface area contributed by atoms with Gasteiger partial charge in [0.15, 0.2) is 5.13 Å². The van der Waals surface area contributed by atoms with E-state index in [0.29, 0.717) is 10.9 Å². The lowest BCUT2D eigenvalue weighted by Crippen LogP contribution is -2.38. The number of thiazole rings is 1. The summed E-state index contributed by atoms with van der Waals surface area (Å²) in [5, 5.41) is 5.35. The standard InChI is InChI=1S/C13H12N4O4S/c1-21-7-2-3-8-9(4-7)22-12(15-8)16-10(18)6-17-11(19)5-14-13(17)20/h2-4H,5-6H2,1H3,(H,14,20)(H,15,16,18). The molecule has 2 heterocycles. The van der Waals surface area contributed by atoms with E-state index >= 15 is 0 Å². The van der Waals surface area contributed by atoms with Gasteiger partial charge in [-0.2, -0.15) is 0 Å². The Morgan fingerprint density at radius 2 is 2.32 bits per heavy atom. The number of imide groups is 1. The van der Waals surface area contributed by atoms with Crippen molar-refractivity contribution in [2.24, 2.45) is 0 Å². The van der Waals surface area contributed by atoms with Gasteiger partial charge in [-0.25, -0.2) is 9.78 Å². The van der Waals surface area contributed by atoms with E-state index in [1.165, 1.54) is 11.3 Å². The smallest absolute Gasteiger partial charge is 0.325 e. The summed E-state index contributed by atoms with van der Waals surface area (Å²) in [5.74, 6) is -0.195. The van der Waals surface area contributed by atoms with E-state index in [9.17, 15) is 14.4 Å². The number of hydrogen-bond donors (Lipinski definition) is 2. The molecule has 1 fully saturated rings. The number of benzene rings is 1. The lowest BCUT2D eigenvalue weighted by molar-refractivity contribution is -0.128. The summed E-state index contributed by atoms with van der Waals surface area (Å²) >= 11 is 1.29. The Morgan fingerprint density at radius 1 is 1.50 bits per heavy atom. The zero-order valence-electron chi connectivity index (χ0n) is 11.6. The molecule has 9 heteroatoms. The number of rotatable bonds is 4. The molecule has 2 N–H and O–H groups in total. The fourth-order valence-electron chi connectivity index (χ4n) is 2.00. The van der Waals surface area contributed by atoms with Gasteiger partial charge in [-0.05, 0) is 18.2 Å². The fourth-order valence-corrected chi connectivity index (χ4v) is 2.91. The number of nitrogens with one attached hydrogen (secondary N) is 2. The van der Waals surface area contributed by atoms with E-state index < -0.39 is 17.8 Å². The van der Waals surface area contributed by atoms with Crippen molar-refractivity contribution in [1.82, 2.24) is 15.2 Å². The highest BCUT2D eigenvalue weighted by Gasteiger charge is 2.30. The van der Waals surface area contributed by atoms with Gasteiger partial charge in [0.2, 0.25) is 5.91 Å². The molecule has 3 rings (SSSR count). The Balaban J connectivity index is 1.71. The van der Waals surface area contributed by atoms with Gasteiger partial charge in [-0.15, -0.1) is 0 Å². The second-order valence-electron chi connectivity index (χ2n) is 4.54. The number of carbonyl (C=O) groups excluding carboxylic acids is 3. The topological polar surface area (TPSA) is 101 Å². The predicted octanol–water partition coefficient (Wildman–Crippen LogP) is 0.795. The van der Waals surface area contributed by atoms with Crippen LogP contribution in [0.3, 0.4) is 0 Å². The van der Waals surface area contributed by atoms with Crippen LogP contribution in [0.1, 0.15) is 0 Å². The number of nitrogens with zero attached hydrogens (tertiary/aromatic N) is 2. The van der Waals surface area contributed by atoms with Crippen LogP contribution in [0.5, 0.6) is 5.75 Å². The number of anilines is 1. The summed E-state index contributed by atoms with van der Waals surface area (Å²) in [4.78, 5) is 39.8. The molecule has 114 valence electrons. The van der Waals surface area contributed by atoms with Crippen LogP contribution < -0.4 is 15.4 Å². The van der Waals surface area contributed by atoms with Crippen molar-refractivity contribution >= 4 is 44.5 Å². The highest BCUT2D eigenvalue weighted by atomic mass is 32.1. The van der Waals surface area contributed by atoms with Crippen LogP contribution in [0, 0.1) is 0 Å². The molecule has 1 aromatic carbocycles. The van der Waals surface area contributed by atoms with E-state index in [2.05, 4.69) is 15.6 Å². The molecule has 0 aliphatic carbocycles. The third-order valence-corrected chi connectivity index (χ3v) is 4.01. The van der Waals surface area contributed by atoms with E-state index in [1.807, 2.05) is 6.07 Å². The van der Waals surface area contributed by atoms with Crippen LogP contribution in [0.2, 0.25) is 0 Å². The van der Waals surface area contributed by atoms with Crippen LogP contribution in [0.15, 0.2) is 18.2 Å². The van der Waals surface area contributed by atoms with Crippen molar-refractivity contribution in [3.05, 3.63) is 18.2 Å². The summed E-state index contributed by atoms with van der Waals surface area (Å²) in [5.41, 5.74) is 0.732. The minimum Gasteiger partial charge on any atom is -0.497 e. The van der Waals surface area contributed by atoms with Crippen LogP contribution in [0.25, 0.3) is 10.2 Å². The average Bonchev–Trinajstić information content (AvgIpc) is 3.03. The minimum atomic E-state index is -0.561. The number of carbonyl (C=O) groups is 3. The quantitative estimate of drug-likeness (QED) is 0.811. The largest absolute Gasteiger partial charge is 0.497 e. The minimum absolute atomic E-state index is 0.0763. The normalized spacial score (nSPS) is 14.3. The molecular weight excluding hydrogens is 308 g/mol. The van der Waals surface area contributed by atoms with E-state index in [0.717, 1.165) is 15.1 Å². The van der Waals surface area contributed by atoms with Gasteiger partial charge >= 0.3 is 6.03 Å². The molecule has 1 aliphatic rings. The average molecular weight is 320 g/mol. The first kappa shape index (κ1) is 14.3. The molecule has 4 amide bonds. The number of urea groups is 1. The Morgan fingerprint density at radius 3 is 3.00 bits per heavy atom. The van der Waals surface area contributed by atoms with E-state index in [-0.39, 0.29) is 13.1 Å². The lowest BCUT2D eigenvalue weighted by atomic mass is 10.3. The highest BCUT2D eigenvalue weighted by molar-refractivity contribution is 7.22. The second-order valence-corrected chi connectivity index (χ2v) is 5.57. The monoisotopic (exact) mass is 320 g/mol. The van der Waals surface area contributed by atoms with Crippen molar-refractivity contribution in [2.45, 2.75) is 0 Å². The van der Waals surface area contributed by atoms with Gasteiger partial charge in [-0.1, -0.05) is 11.3 Å². The first-order valence-electron chi connectivity index (χ1n) is 6.39. The van der Waals surface area contributed by atoms with E-state index in [1.54, 1.807) is 19.2 Å². The molecule has 0 spiro atoms. The summed E-state index contributed by atoms with van der Waals surface area (Å²) in [6.07, 6.45) is 0. The summed E-state index contributed by atoms with van der Waals surface area (Å²) in [6.45, 7) is -0.406.